The molecule has 1 spiro atoms. The lowest BCUT2D eigenvalue weighted by atomic mass is 9.79. The minimum Gasteiger partial charge on any atom is -0.493 e. The molecule has 3 aliphatic heterocycles. The van der Waals surface area contributed by atoms with Crippen LogP contribution in [0.5, 0.6) is 11.5 Å². The molecule has 210 valence electrons. The summed E-state index contributed by atoms with van der Waals surface area (Å²) in [5.74, 6) is 0.614. The topological polar surface area (TPSA) is 83.8 Å². The third kappa shape index (κ3) is 4.93. The molecule has 2 unspecified atom stereocenters. The molecule has 2 saturated heterocycles. The number of oxime groups is 1. The normalized spacial score (nSPS) is 24.2. The number of carboxylic acid groups (broad SMARTS) is 1. The summed E-state index contributed by atoms with van der Waals surface area (Å²) in [6.45, 7) is 10.9. The quantitative estimate of drug-likeness (QED) is 0.497. The molecule has 2 atom stereocenters. The molecule has 3 heterocycles. The summed E-state index contributed by atoms with van der Waals surface area (Å²) in [6.07, 6.45) is 1.84. The predicted octanol–water partition coefficient (Wildman–Crippen LogP) is 5.15. The first kappa shape index (κ1) is 27.2. The Hall–Kier alpha value is -3.33. The number of piperidine rings is 1. The fourth-order valence-electron chi connectivity index (χ4n) is 5.86. The standard InChI is InChI=1S/C30H38FN3O5/c1-5-37-24-16-22(21-10-8-7-9-11-21)26(31)27(38-6-2)23(24)18-34-19-30(20(34)3)17-25(32-39-30)33-14-12-29(4,13-15-33)28(35)36/h7-11,16,20H,5-6,12-15,17-19H2,1-4H3,(H,35,36). The first-order valence-corrected chi connectivity index (χ1v) is 13.8. The van der Waals surface area contributed by atoms with Crippen LogP contribution in [0.25, 0.3) is 11.1 Å². The highest BCUT2D eigenvalue weighted by molar-refractivity contribution is 5.85. The number of carboxylic acids is 1. The maximum Gasteiger partial charge on any atom is 0.309 e. The molecule has 8 nitrogen and oxygen atoms in total. The van der Waals surface area contributed by atoms with Crippen molar-refractivity contribution in [3.05, 3.63) is 47.8 Å². The molecular formula is C30H38FN3O5. The van der Waals surface area contributed by atoms with Crippen LogP contribution < -0.4 is 9.47 Å². The minimum absolute atomic E-state index is 0.0358. The Bertz CT molecular complexity index is 1240. The molecule has 0 radical (unpaired) electrons. The number of aliphatic carboxylic acids is 1. The second kappa shape index (κ2) is 10.7. The van der Waals surface area contributed by atoms with E-state index in [2.05, 4.69) is 21.9 Å². The Kier molecular flexibility index (Phi) is 7.46. The van der Waals surface area contributed by atoms with Gasteiger partial charge in [0.25, 0.3) is 0 Å². The van der Waals surface area contributed by atoms with Crippen molar-refractivity contribution in [2.24, 2.45) is 10.6 Å². The van der Waals surface area contributed by atoms with E-state index in [-0.39, 0.29) is 17.6 Å². The van der Waals surface area contributed by atoms with Gasteiger partial charge in [-0.2, -0.15) is 0 Å². The van der Waals surface area contributed by atoms with Gasteiger partial charge < -0.3 is 24.3 Å². The lowest BCUT2D eigenvalue weighted by Gasteiger charge is -2.52. The van der Waals surface area contributed by atoms with E-state index in [0.29, 0.717) is 75.5 Å². The van der Waals surface area contributed by atoms with E-state index < -0.39 is 17.0 Å². The molecule has 1 N–H and O–H groups in total. The highest BCUT2D eigenvalue weighted by atomic mass is 19.1. The number of carbonyl (C=O) groups is 1. The van der Waals surface area contributed by atoms with Crippen molar-refractivity contribution in [3.8, 4) is 22.6 Å². The second-order valence-electron chi connectivity index (χ2n) is 11.1. The van der Waals surface area contributed by atoms with Crippen LogP contribution >= 0.6 is 0 Å². The van der Waals surface area contributed by atoms with Crippen molar-refractivity contribution in [1.82, 2.24) is 9.80 Å². The lowest BCUT2D eigenvalue weighted by Crippen LogP contribution is -2.68. The minimum atomic E-state index is -0.738. The molecule has 0 amide bonds. The number of benzene rings is 2. The van der Waals surface area contributed by atoms with E-state index in [0.717, 1.165) is 11.4 Å². The third-order valence-corrected chi connectivity index (χ3v) is 8.64. The summed E-state index contributed by atoms with van der Waals surface area (Å²) in [4.78, 5) is 22.0. The second-order valence-corrected chi connectivity index (χ2v) is 11.1. The number of hydrogen-bond donors (Lipinski definition) is 1. The zero-order valence-corrected chi connectivity index (χ0v) is 23.2. The Morgan fingerprint density at radius 1 is 1.18 bits per heavy atom. The number of likely N-dealkylation sites (tertiary alicyclic amines) is 2. The molecule has 5 rings (SSSR count). The molecule has 0 aliphatic carbocycles. The van der Waals surface area contributed by atoms with Gasteiger partial charge in [0.1, 0.15) is 11.6 Å². The first-order chi connectivity index (χ1) is 18.7. The van der Waals surface area contributed by atoms with E-state index in [1.165, 1.54) is 0 Å². The fourth-order valence-corrected chi connectivity index (χ4v) is 5.86. The van der Waals surface area contributed by atoms with Crippen LogP contribution in [0.3, 0.4) is 0 Å². The molecule has 0 bridgehead atoms. The van der Waals surface area contributed by atoms with Crippen molar-refractivity contribution < 1.29 is 28.6 Å². The average molecular weight is 540 g/mol. The highest BCUT2D eigenvalue weighted by Gasteiger charge is 2.57. The lowest BCUT2D eigenvalue weighted by molar-refractivity contribution is -0.170. The molecule has 2 fully saturated rings. The largest absolute Gasteiger partial charge is 0.493 e. The van der Waals surface area contributed by atoms with Crippen molar-refractivity contribution in [2.45, 2.75) is 65.1 Å². The van der Waals surface area contributed by atoms with Gasteiger partial charge in [-0.15, -0.1) is 0 Å². The number of nitrogens with zero attached hydrogens (tertiary/aromatic N) is 3. The van der Waals surface area contributed by atoms with Crippen LogP contribution in [0.1, 0.15) is 52.5 Å². The summed E-state index contributed by atoms with van der Waals surface area (Å²) in [5, 5.41) is 14.0. The Morgan fingerprint density at radius 2 is 1.87 bits per heavy atom. The van der Waals surface area contributed by atoms with E-state index in [1.807, 2.05) is 51.1 Å². The molecule has 2 aromatic rings. The van der Waals surface area contributed by atoms with Gasteiger partial charge in [-0.1, -0.05) is 35.5 Å². The summed E-state index contributed by atoms with van der Waals surface area (Å²) in [5.41, 5.74) is 0.794. The molecule has 2 aromatic carbocycles. The van der Waals surface area contributed by atoms with Gasteiger partial charge in [-0.3, -0.25) is 9.69 Å². The van der Waals surface area contributed by atoms with Crippen LogP contribution in [0, 0.1) is 11.2 Å². The third-order valence-electron chi connectivity index (χ3n) is 8.64. The van der Waals surface area contributed by atoms with Crippen molar-refractivity contribution in [3.63, 3.8) is 0 Å². The maximum atomic E-state index is 15.9. The van der Waals surface area contributed by atoms with Gasteiger partial charge >= 0.3 is 5.97 Å². The highest BCUT2D eigenvalue weighted by Crippen LogP contribution is 2.45. The number of hydrogen-bond acceptors (Lipinski definition) is 7. The average Bonchev–Trinajstić information content (AvgIpc) is 3.39. The summed E-state index contributed by atoms with van der Waals surface area (Å²) >= 11 is 0. The molecule has 3 aliphatic rings. The molecular weight excluding hydrogens is 501 g/mol. The van der Waals surface area contributed by atoms with Gasteiger partial charge in [-0.25, -0.2) is 4.39 Å². The van der Waals surface area contributed by atoms with Gasteiger partial charge in [-0.05, 0) is 52.2 Å². The number of ether oxygens (including phenoxy) is 2. The van der Waals surface area contributed by atoms with Crippen LogP contribution in [-0.4, -0.2) is 71.2 Å². The fraction of sp³-hybridized carbons (Fsp3) is 0.533. The number of amidine groups is 1. The molecule has 0 aromatic heterocycles. The zero-order chi connectivity index (χ0) is 27.8. The predicted molar refractivity (Wildman–Crippen MR) is 146 cm³/mol. The SMILES string of the molecule is CCOc1cc(-c2ccccc2)c(F)c(OCC)c1CN1CC2(CC(N3CCC(C)(C(=O)O)CC3)=NO2)C1C. The number of rotatable bonds is 8. The van der Waals surface area contributed by atoms with Crippen LogP contribution in [0.15, 0.2) is 41.6 Å². The first-order valence-electron chi connectivity index (χ1n) is 13.8. The zero-order valence-electron chi connectivity index (χ0n) is 23.2. The van der Waals surface area contributed by atoms with Crippen molar-refractivity contribution in [1.29, 1.82) is 0 Å². The molecule has 39 heavy (non-hydrogen) atoms. The molecule has 0 saturated carbocycles. The Morgan fingerprint density at radius 3 is 2.49 bits per heavy atom. The summed E-state index contributed by atoms with van der Waals surface area (Å²) in [6, 6.07) is 11.3. The molecule has 9 heteroatoms. The van der Waals surface area contributed by atoms with Gasteiger partial charge in [0.15, 0.2) is 17.2 Å². The van der Waals surface area contributed by atoms with Crippen molar-refractivity contribution >= 4 is 11.8 Å². The van der Waals surface area contributed by atoms with Gasteiger partial charge in [0, 0.05) is 31.7 Å². The number of halogens is 1. The van der Waals surface area contributed by atoms with Crippen LogP contribution in [0.2, 0.25) is 0 Å². The van der Waals surface area contributed by atoms with E-state index in [1.54, 1.807) is 6.07 Å². The van der Waals surface area contributed by atoms with Crippen LogP contribution in [0.4, 0.5) is 4.39 Å². The van der Waals surface area contributed by atoms with Crippen LogP contribution in [-0.2, 0) is 16.2 Å². The Balaban J connectivity index is 1.32. The Labute approximate surface area is 229 Å². The summed E-state index contributed by atoms with van der Waals surface area (Å²) in [7, 11) is 0. The maximum absolute atomic E-state index is 15.9. The van der Waals surface area contributed by atoms with Gasteiger partial charge in [0.05, 0.1) is 36.7 Å². The monoisotopic (exact) mass is 539 g/mol. The van der Waals surface area contributed by atoms with Gasteiger partial charge in [0.2, 0.25) is 0 Å². The summed E-state index contributed by atoms with van der Waals surface area (Å²) < 4.78 is 27.8. The smallest absolute Gasteiger partial charge is 0.309 e. The van der Waals surface area contributed by atoms with E-state index >= 15 is 4.39 Å². The van der Waals surface area contributed by atoms with E-state index in [4.69, 9.17) is 14.3 Å². The van der Waals surface area contributed by atoms with E-state index in [9.17, 15) is 9.90 Å². The van der Waals surface area contributed by atoms with Crippen molar-refractivity contribution in [2.75, 3.05) is 32.8 Å².